The van der Waals surface area contributed by atoms with Crippen LogP contribution in [0.1, 0.15) is 37.7 Å². The minimum atomic E-state index is -0.174. The molecule has 94 valence electrons. The van der Waals surface area contributed by atoms with Crippen LogP contribution in [0.25, 0.3) is 0 Å². The third-order valence-electron chi connectivity index (χ3n) is 3.46. The molecule has 0 unspecified atom stereocenters. The Bertz CT molecular complexity index is 341. The standard InChI is InChI=1S/C14H19BrFN/c15-13-7-12(8-14(16)9-13)10-17-6-5-11-3-1-2-4-11/h7-9,11,17H,1-6,10H2. The first-order valence-electron chi connectivity index (χ1n) is 6.40. The van der Waals surface area contributed by atoms with Crippen molar-refractivity contribution in [2.24, 2.45) is 5.92 Å². The minimum absolute atomic E-state index is 0.174. The van der Waals surface area contributed by atoms with E-state index in [0.717, 1.165) is 29.0 Å². The molecule has 17 heavy (non-hydrogen) atoms. The highest BCUT2D eigenvalue weighted by molar-refractivity contribution is 9.10. The summed E-state index contributed by atoms with van der Waals surface area (Å²) in [5.41, 5.74) is 1.00. The quantitative estimate of drug-likeness (QED) is 0.801. The first-order chi connectivity index (χ1) is 8.24. The fourth-order valence-corrected chi connectivity index (χ4v) is 3.06. The second-order valence-corrected chi connectivity index (χ2v) is 5.81. The van der Waals surface area contributed by atoms with Crippen molar-refractivity contribution in [1.29, 1.82) is 0 Å². The van der Waals surface area contributed by atoms with Gasteiger partial charge < -0.3 is 5.32 Å². The van der Waals surface area contributed by atoms with Crippen LogP contribution in [0.5, 0.6) is 0 Å². The third kappa shape index (κ3) is 4.40. The molecule has 2 rings (SSSR count). The summed E-state index contributed by atoms with van der Waals surface area (Å²) in [7, 11) is 0. The molecule has 1 aliphatic carbocycles. The van der Waals surface area contributed by atoms with E-state index in [-0.39, 0.29) is 5.82 Å². The Hall–Kier alpha value is -0.410. The van der Waals surface area contributed by atoms with Crippen molar-refractivity contribution in [2.75, 3.05) is 6.54 Å². The predicted molar refractivity (Wildman–Crippen MR) is 72.4 cm³/mol. The Morgan fingerprint density at radius 2 is 2.00 bits per heavy atom. The van der Waals surface area contributed by atoms with E-state index in [2.05, 4.69) is 21.2 Å². The lowest BCUT2D eigenvalue weighted by Crippen LogP contribution is -2.17. The smallest absolute Gasteiger partial charge is 0.124 e. The molecule has 0 spiro atoms. The van der Waals surface area contributed by atoms with Crippen molar-refractivity contribution < 1.29 is 4.39 Å². The molecule has 0 radical (unpaired) electrons. The van der Waals surface area contributed by atoms with Gasteiger partial charge in [0.2, 0.25) is 0 Å². The van der Waals surface area contributed by atoms with Gasteiger partial charge in [-0.05, 0) is 42.6 Å². The lowest BCUT2D eigenvalue weighted by Gasteiger charge is -2.10. The lowest BCUT2D eigenvalue weighted by atomic mass is 10.0. The number of hydrogen-bond donors (Lipinski definition) is 1. The highest BCUT2D eigenvalue weighted by atomic mass is 79.9. The van der Waals surface area contributed by atoms with Crippen LogP contribution in [-0.2, 0) is 6.54 Å². The normalized spacial score (nSPS) is 16.6. The molecular formula is C14H19BrFN. The predicted octanol–water partition coefficient (Wildman–Crippen LogP) is 4.26. The van der Waals surface area contributed by atoms with Gasteiger partial charge in [-0.3, -0.25) is 0 Å². The van der Waals surface area contributed by atoms with Gasteiger partial charge in [-0.1, -0.05) is 41.6 Å². The van der Waals surface area contributed by atoms with E-state index in [0.29, 0.717) is 0 Å². The molecule has 0 aliphatic heterocycles. The fraction of sp³-hybridized carbons (Fsp3) is 0.571. The summed E-state index contributed by atoms with van der Waals surface area (Å²) < 4.78 is 13.9. The average molecular weight is 300 g/mol. The molecular weight excluding hydrogens is 281 g/mol. The van der Waals surface area contributed by atoms with Crippen molar-refractivity contribution in [3.05, 3.63) is 34.1 Å². The summed E-state index contributed by atoms with van der Waals surface area (Å²) in [6.45, 7) is 1.79. The molecule has 0 saturated heterocycles. The Balaban J connectivity index is 1.70. The van der Waals surface area contributed by atoms with E-state index >= 15 is 0 Å². The third-order valence-corrected chi connectivity index (χ3v) is 3.91. The molecule has 0 atom stereocenters. The van der Waals surface area contributed by atoms with Crippen LogP contribution in [0, 0.1) is 11.7 Å². The largest absolute Gasteiger partial charge is 0.313 e. The maximum Gasteiger partial charge on any atom is 0.124 e. The first kappa shape index (κ1) is 13.0. The van der Waals surface area contributed by atoms with Crippen molar-refractivity contribution in [3.63, 3.8) is 0 Å². The Labute approximate surface area is 111 Å². The van der Waals surface area contributed by atoms with Crippen LogP contribution in [0.15, 0.2) is 22.7 Å². The number of nitrogens with one attached hydrogen (secondary N) is 1. The lowest BCUT2D eigenvalue weighted by molar-refractivity contribution is 0.477. The van der Waals surface area contributed by atoms with E-state index in [4.69, 9.17) is 0 Å². The zero-order chi connectivity index (χ0) is 12.1. The summed E-state index contributed by atoms with van der Waals surface area (Å²) in [5, 5.41) is 3.40. The molecule has 0 amide bonds. The molecule has 3 heteroatoms. The summed E-state index contributed by atoms with van der Waals surface area (Å²) in [5.74, 6) is 0.744. The average Bonchev–Trinajstić information content (AvgIpc) is 2.76. The maximum atomic E-state index is 13.1. The van der Waals surface area contributed by atoms with Crippen LogP contribution >= 0.6 is 15.9 Å². The molecule has 1 aromatic carbocycles. The van der Waals surface area contributed by atoms with Gasteiger partial charge in [0.1, 0.15) is 5.82 Å². The van der Waals surface area contributed by atoms with Gasteiger partial charge >= 0.3 is 0 Å². The van der Waals surface area contributed by atoms with Crippen LogP contribution in [0.3, 0.4) is 0 Å². The van der Waals surface area contributed by atoms with E-state index in [1.807, 2.05) is 6.07 Å². The highest BCUT2D eigenvalue weighted by Crippen LogP contribution is 2.26. The molecule has 1 aliphatic rings. The molecule has 0 heterocycles. The monoisotopic (exact) mass is 299 g/mol. The van der Waals surface area contributed by atoms with Crippen LogP contribution in [0.2, 0.25) is 0 Å². The number of halogens is 2. The molecule has 1 aromatic rings. The highest BCUT2D eigenvalue weighted by Gasteiger charge is 2.13. The second-order valence-electron chi connectivity index (χ2n) is 4.89. The van der Waals surface area contributed by atoms with Gasteiger partial charge in [-0.25, -0.2) is 4.39 Å². The Morgan fingerprint density at radius 1 is 1.24 bits per heavy atom. The Kier molecular flexibility index (Phi) is 4.99. The Morgan fingerprint density at radius 3 is 2.71 bits per heavy atom. The zero-order valence-electron chi connectivity index (χ0n) is 10.0. The molecule has 1 N–H and O–H groups in total. The van der Waals surface area contributed by atoms with E-state index in [9.17, 15) is 4.39 Å². The molecule has 1 nitrogen and oxygen atoms in total. The van der Waals surface area contributed by atoms with E-state index in [1.165, 1.54) is 38.2 Å². The number of benzene rings is 1. The molecule has 1 fully saturated rings. The van der Waals surface area contributed by atoms with Crippen molar-refractivity contribution in [3.8, 4) is 0 Å². The SMILES string of the molecule is Fc1cc(Br)cc(CNCCC2CCCC2)c1. The second kappa shape index (κ2) is 6.50. The van der Waals surface area contributed by atoms with Gasteiger partial charge in [-0.15, -0.1) is 0 Å². The van der Waals surface area contributed by atoms with Crippen molar-refractivity contribution in [2.45, 2.75) is 38.6 Å². The summed E-state index contributed by atoms with van der Waals surface area (Å²) in [4.78, 5) is 0. The van der Waals surface area contributed by atoms with Crippen LogP contribution < -0.4 is 5.32 Å². The minimum Gasteiger partial charge on any atom is -0.313 e. The maximum absolute atomic E-state index is 13.1. The fourth-order valence-electron chi connectivity index (χ4n) is 2.55. The van der Waals surface area contributed by atoms with Gasteiger partial charge in [0.25, 0.3) is 0 Å². The molecule has 0 bridgehead atoms. The van der Waals surface area contributed by atoms with Crippen LogP contribution in [-0.4, -0.2) is 6.54 Å². The number of rotatable bonds is 5. The van der Waals surface area contributed by atoms with E-state index < -0.39 is 0 Å². The summed E-state index contributed by atoms with van der Waals surface area (Å²) >= 11 is 3.31. The van der Waals surface area contributed by atoms with Crippen LogP contribution in [0.4, 0.5) is 4.39 Å². The summed E-state index contributed by atoms with van der Waals surface area (Å²) in [6.07, 6.45) is 6.86. The molecule has 1 saturated carbocycles. The van der Waals surface area contributed by atoms with Gasteiger partial charge in [0.15, 0.2) is 0 Å². The van der Waals surface area contributed by atoms with E-state index in [1.54, 1.807) is 6.07 Å². The van der Waals surface area contributed by atoms with Gasteiger partial charge in [0.05, 0.1) is 0 Å². The summed E-state index contributed by atoms with van der Waals surface area (Å²) in [6, 6.07) is 5.04. The van der Waals surface area contributed by atoms with Crippen molar-refractivity contribution >= 4 is 15.9 Å². The van der Waals surface area contributed by atoms with Crippen molar-refractivity contribution in [1.82, 2.24) is 5.32 Å². The zero-order valence-corrected chi connectivity index (χ0v) is 11.6. The number of hydrogen-bond acceptors (Lipinski definition) is 1. The van der Waals surface area contributed by atoms with Gasteiger partial charge in [-0.2, -0.15) is 0 Å². The molecule has 0 aromatic heterocycles. The topological polar surface area (TPSA) is 12.0 Å². The van der Waals surface area contributed by atoms with Gasteiger partial charge in [0, 0.05) is 11.0 Å². The first-order valence-corrected chi connectivity index (χ1v) is 7.19.